The van der Waals surface area contributed by atoms with Crippen molar-refractivity contribution < 1.29 is 9.53 Å². The highest BCUT2D eigenvalue weighted by molar-refractivity contribution is 5.89. The summed E-state index contributed by atoms with van der Waals surface area (Å²) in [7, 11) is 1.68. The number of carbonyl (C=O) groups excluding carboxylic acids is 1. The molecule has 1 fully saturated rings. The van der Waals surface area contributed by atoms with Crippen LogP contribution in [-0.4, -0.2) is 41.0 Å². The number of nitrogens with one attached hydrogen (secondary N) is 1. The number of carbonyl (C=O) groups is 1. The fourth-order valence-electron chi connectivity index (χ4n) is 4.68. The fraction of sp³-hybridized carbons (Fsp3) is 0.259. The number of rotatable bonds is 5. The van der Waals surface area contributed by atoms with Crippen molar-refractivity contribution in [2.75, 3.05) is 20.2 Å². The average Bonchev–Trinajstić information content (AvgIpc) is 3.27. The molecular formula is C27H27N3O2. The molecule has 4 aromatic rings. The van der Waals surface area contributed by atoms with Crippen molar-refractivity contribution in [1.82, 2.24) is 14.9 Å². The number of piperidine rings is 1. The molecule has 1 N–H and O–H groups in total. The van der Waals surface area contributed by atoms with Crippen molar-refractivity contribution in [3.05, 3.63) is 84.2 Å². The second kappa shape index (κ2) is 8.87. The van der Waals surface area contributed by atoms with Crippen LogP contribution in [-0.2, 0) is 11.2 Å². The van der Waals surface area contributed by atoms with Crippen molar-refractivity contribution in [1.29, 1.82) is 0 Å². The van der Waals surface area contributed by atoms with Crippen LogP contribution in [0.1, 0.15) is 30.0 Å². The summed E-state index contributed by atoms with van der Waals surface area (Å²) >= 11 is 0. The summed E-state index contributed by atoms with van der Waals surface area (Å²) < 4.78 is 5.52. The highest BCUT2D eigenvalue weighted by atomic mass is 16.5. The summed E-state index contributed by atoms with van der Waals surface area (Å²) in [5, 5.41) is 1.13. The minimum atomic E-state index is 0.181. The van der Waals surface area contributed by atoms with Crippen molar-refractivity contribution in [3.8, 4) is 17.0 Å². The number of hydrogen-bond acceptors (Lipinski definition) is 3. The van der Waals surface area contributed by atoms with Gasteiger partial charge in [0.25, 0.3) is 0 Å². The number of pyridine rings is 1. The van der Waals surface area contributed by atoms with Crippen LogP contribution in [0.25, 0.3) is 22.2 Å². The topological polar surface area (TPSA) is 58.2 Å². The van der Waals surface area contributed by atoms with Gasteiger partial charge in [0.1, 0.15) is 5.75 Å². The Morgan fingerprint density at radius 3 is 2.84 bits per heavy atom. The van der Waals surface area contributed by atoms with Crippen LogP contribution in [0, 0.1) is 0 Å². The summed E-state index contributed by atoms with van der Waals surface area (Å²) in [6, 6.07) is 22.2. The molecule has 0 radical (unpaired) electrons. The van der Waals surface area contributed by atoms with Crippen molar-refractivity contribution in [2.45, 2.75) is 25.2 Å². The fourth-order valence-corrected chi connectivity index (χ4v) is 4.68. The molecule has 5 rings (SSSR count). The average molecular weight is 426 g/mol. The van der Waals surface area contributed by atoms with E-state index in [1.54, 1.807) is 7.11 Å². The van der Waals surface area contributed by atoms with Gasteiger partial charge in [-0.1, -0.05) is 36.4 Å². The first-order valence-electron chi connectivity index (χ1n) is 11.2. The van der Waals surface area contributed by atoms with Gasteiger partial charge in [-0.05, 0) is 48.7 Å². The highest BCUT2D eigenvalue weighted by Crippen LogP contribution is 2.31. The van der Waals surface area contributed by atoms with E-state index in [2.05, 4.69) is 23.2 Å². The summed E-state index contributed by atoms with van der Waals surface area (Å²) in [6.45, 7) is 1.52. The zero-order valence-corrected chi connectivity index (χ0v) is 18.3. The Hall–Kier alpha value is -3.60. The Labute approximate surface area is 188 Å². The Kier molecular flexibility index (Phi) is 5.63. The molecule has 5 nitrogen and oxygen atoms in total. The predicted octanol–water partition coefficient (Wildman–Crippen LogP) is 5.19. The van der Waals surface area contributed by atoms with Gasteiger partial charge in [-0.3, -0.25) is 9.78 Å². The molecular weight excluding hydrogens is 398 g/mol. The quantitative estimate of drug-likeness (QED) is 0.479. The van der Waals surface area contributed by atoms with Crippen molar-refractivity contribution >= 4 is 16.8 Å². The number of benzene rings is 2. The van der Waals surface area contributed by atoms with E-state index in [1.807, 2.05) is 59.6 Å². The summed E-state index contributed by atoms with van der Waals surface area (Å²) in [4.78, 5) is 23.4. The molecule has 1 aliphatic heterocycles. The zero-order valence-electron chi connectivity index (χ0n) is 18.3. The van der Waals surface area contributed by atoms with Crippen molar-refractivity contribution in [3.63, 3.8) is 0 Å². The number of fused-ring (bicyclic) bond motifs is 1. The Bertz CT molecular complexity index is 1250. The van der Waals surface area contributed by atoms with E-state index in [4.69, 9.17) is 9.72 Å². The van der Waals surface area contributed by atoms with Crippen LogP contribution in [0.4, 0.5) is 0 Å². The third kappa shape index (κ3) is 3.98. The number of nitrogens with zero attached hydrogens (tertiary/aromatic N) is 2. The van der Waals surface area contributed by atoms with Gasteiger partial charge in [0.2, 0.25) is 5.91 Å². The minimum absolute atomic E-state index is 0.181. The normalized spacial score (nSPS) is 16.3. The number of methoxy groups -OCH3 is 1. The molecule has 0 saturated carbocycles. The highest BCUT2D eigenvalue weighted by Gasteiger charge is 2.26. The molecule has 0 spiro atoms. The van der Waals surface area contributed by atoms with E-state index < -0.39 is 0 Å². The lowest BCUT2D eigenvalue weighted by Crippen LogP contribution is -2.40. The van der Waals surface area contributed by atoms with Gasteiger partial charge in [-0.15, -0.1) is 0 Å². The predicted molar refractivity (Wildman–Crippen MR) is 127 cm³/mol. The second-order valence-corrected chi connectivity index (χ2v) is 8.36. The molecule has 2 aromatic carbocycles. The Morgan fingerprint density at radius 2 is 1.94 bits per heavy atom. The van der Waals surface area contributed by atoms with Gasteiger partial charge in [0.15, 0.2) is 0 Å². The van der Waals surface area contributed by atoms with Crippen LogP contribution < -0.4 is 4.74 Å². The van der Waals surface area contributed by atoms with E-state index in [0.717, 1.165) is 58.6 Å². The first-order chi connectivity index (χ1) is 15.7. The summed E-state index contributed by atoms with van der Waals surface area (Å²) in [6.07, 6.45) is 4.41. The number of ether oxygens (including phenoxy) is 1. The number of para-hydroxylation sites is 2. The Balaban J connectivity index is 1.33. The van der Waals surface area contributed by atoms with E-state index in [-0.39, 0.29) is 11.8 Å². The number of amides is 1. The smallest absolute Gasteiger partial charge is 0.227 e. The van der Waals surface area contributed by atoms with Gasteiger partial charge in [-0.25, -0.2) is 0 Å². The van der Waals surface area contributed by atoms with Crippen LogP contribution in [0.15, 0.2) is 72.9 Å². The maximum absolute atomic E-state index is 13.1. The monoisotopic (exact) mass is 425 g/mol. The van der Waals surface area contributed by atoms with E-state index in [9.17, 15) is 4.79 Å². The van der Waals surface area contributed by atoms with Crippen molar-refractivity contribution in [2.24, 2.45) is 0 Å². The SMILES string of the molecule is COc1ccccc1-c1cccc([C@@H]2CCCN(C(=O)Cc3c[nH]c4ccccc34)C2)n1. The summed E-state index contributed by atoms with van der Waals surface area (Å²) in [5.41, 5.74) is 5.06. The lowest BCUT2D eigenvalue weighted by Gasteiger charge is -2.32. The maximum Gasteiger partial charge on any atom is 0.227 e. The molecule has 1 saturated heterocycles. The maximum atomic E-state index is 13.1. The lowest BCUT2D eigenvalue weighted by molar-refractivity contribution is -0.131. The van der Waals surface area contributed by atoms with Gasteiger partial charge >= 0.3 is 0 Å². The number of H-pyrrole nitrogens is 1. The van der Waals surface area contributed by atoms with Gasteiger partial charge in [-0.2, -0.15) is 0 Å². The molecule has 1 atom stereocenters. The Morgan fingerprint density at radius 1 is 1.09 bits per heavy atom. The number of aromatic nitrogens is 2. The van der Waals surface area contributed by atoms with E-state index in [1.165, 1.54) is 0 Å². The molecule has 0 aliphatic carbocycles. The van der Waals surface area contributed by atoms with Gasteiger partial charge in [0, 0.05) is 47.4 Å². The molecule has 1 aliphatic rings. The first-order valence-corrected chi connectivity index (χ1v) is 11.2. The van der Waals surface area contributed by atoms with Gasteiger partial charge in [0.05, 0.1) is 19.2 Å². The molecule has 2 aromatic heterocycles. The summed E-state index contributed by atoms with van der Waals surface area (Å²) in [5.74, 6) is 1.24. The lowest BCUT2D eigenvalue weighted by atomic mass is 9.93. The molecule has 5 heteroatoms. The third-order valence-corrected chi connectivity index (χ3v) is 6.36. The number of aromatic amines is 1. The number of hydrogen-bond donors (Lipinski definition) is 1. The van der Waals surface area contributed by atoms with Gasteiger partial charge < -0.3 is 14.6 Å². The molecule has 32 heavy (non-hydrogen) atoms. The van der Waals surface area contributed by atoms with E-state index in [0.29, 0.717) is 13.0 Å². The molecule has 0 unspecified atom stereocenters. The van der Waals surface area contributed by atoms with Crippen LogP contribution in [0.2, 0.25) is 0 Å². The number of likely N-dealkylation sites (tertiary alicyclic amines) is 1. The molecule has 0 bridgehead atoms. The van der Waals surface area contributed by atoms with Crippen LogP contribution in [0.3, 0.4) is 0 Å². The largest absolute Gasteiger partial charge is 0.496 e. The van der Waals surface area contributed by atoms with Crippen LogP contribution in [0.5, 0.6) is 5.75 Å². The second-order valence-electron chi connectivity index (χ2n) is 8.36. The first kappa shape index (κ1) is 20.3. The van der Waals surface area contributed by atoms with E-state index >= 15 is 0 Å². The molecule has 3 heterocycles. The molecule has 1 amide bonds. The standard InChI is InChI=1S/C27H27N3O2/c1-32-26-14-5-3-10-22(26)25-13-6-12-23(29-25)19-8-7-15-30(18-19)27(31)16-20-17-28-24-11-4-2-9-21(20)24/h2-6,9-14,17,19,28H,7-8,15-16,18H2,1H3/t19-/m1/s1. The minimum Gasteiger partial charge on any atom is -0.496 e. The molecule has 162 valence electrons. The van der Waals surface area contributed by atoms with Crippen LogP contribution >= 0.6 is 0 Å². The zero-order chi connectivity index (χ0) is 21.9. The third-order valence-electron chi connectivity index (χ3n) is 6.36.